The molecule has 0 atom stereocenters. The molecule has 1 aromatic carbocycles. The van der Waals surface area contributed by atoms with Gasteiger partial charge in [-0.1, -0.05) is 12.1 Å². The number of aromatic amines is 1. The average Bonchev–Trinajstić information content (AvgIpc) is 3.01. The summed E-state index contributed by atoms with van der Waals surface area (Å²) in [5.74, 6) is 0. The van der Waals surface area contributed by atoms with Gasteiger partial charge in [-0.25, -0.2) is 0 Å². The van der Waals surface area contributed by atoms with Crippen LogP contribution in [0.3, 0.4) is 0 Å². The molecule has 1 aromatic heterocycles. The van der Waals surface area contributed by atoms with Crippen LogP contribution in [-0.2, 0) is 12.8 Å². The van der Waals surface area contributed by atoms with Crippen molar-refractivity contribution in [1.82, 2.24) is 4.98 Å². The summed E-state index contributed by atoms with van der Waals surface area (Å²) in [6.07, 6.45) is 6.35. The van der Waals surface area contributed by atoms with E-state index >= 15 is 0 Å². The lowest BCUT2D eigenvalue weighted by Gasteiger charge is -1.68. The Balaban J connectivity index is 0.0000000984. The largest absolute Gasteiger partial charge is 0.368 e. The predicted octanol–water partition coefficient (Wildman–Crippen LogP) is 2.51. The van der Waals surface area contributed by atoms with Gasteiger partial charge >= 0.3 is 0 Å². The van der Waals surface area contributed by atoms with Crippen LogP contribution >= 0.6 is 0 Å². The van der Waals surface area contributed by atoms with Crippen molar-refractivity contribution < 1.29 is 0 Å². The zero-order valence-corrected chi connectivity index (χ0v) is 7.38. The summed E-state index contributed by atoms with van der Waals surface area (Å²) >= 11 is 0. The van der Waals surface area contributed by atoms with Gasteiger partial charge in [-0.2, -0.15) is 0 Å². The first-order valence-corrected chi connectivity index (χ1v) is 4.65. The van der Waals surface area contributed by atoms with Crippen LogP contribution in [0, 0.1) is 0 Å². The topological polar surface area (TPSA) is 15.8 Å². The van der Waals surface area contributed by atoms with Crippen molar-refractivity contribution in [2.45, 2.75) is 12.8 Å². The molecule has 0 fully saturated rings. The van der Waals surface area contributed by atoms with Crippen LogP contribution in [0.15, 0.2) is 36.7 Å². The van der Waals surface area contributed by atoms with Gasteiger partial charge in [0.25, 0.3) is 0 Å². The highest BCUT2D eigenvalue weighted by Gasteiger charge is 2.30. The van der Waals surface area contributed by atoms with Crippen LogP contribution in [0.2, 0.25) is 0 Å². The number of hydrogen-bond donors (Lipinski definition) is 1. The fourth-order valence-corrected chi connectivity index (χ4v) is 1.69. The third-order valence-electron chi connectivity index (χ3n) is 2.61. The standard InChI is InChI=1S/C8H6.C4H5N/c1-2-6-4-8(6)7-3-5(1)7;1-2-4-5-3-1/h1-2H,3-4H2;1-5H. The molecule has 1 heteroatoms. The van der Waals surface area contributed by atoms with E-state index < -0.39 is 0 Å². The normalized spacial score (nSPS) is 13.5. The molecule has 0 aliphatic heterocycles. The SMILES string of the molecule is c1cc2c(c3c1C3)C2.c1cc[nH]c1. The number of hydrogen-bond acceptors (Lipinski definition) is 0. The fraction of sp³-hybridized carbons (Fsp3) is 0.167. The molecule has 2 aliphatic rings. The zero-order chi connectivity index (χ0) is 8.67. The second-order valence-corrected chi connectivity index (χ2v) is 3.58. The van der Waals surface area contributed by atoms with Gasteiger partial charge in [0.2, 0.25) is 0 Å². The Kier molecular flexibility index (Phi) is 1.33. The molecule has 0 unspecified atom stereocenters. The molecular formula is C12H11N. The number of aromatic nitrogens is 1. The van der Waals surface area contributed by atoms with E-state index in [4.69, 9.17) is 0 Å². The highest BCUT2D eigenvalue weighted by molar-refractivity contribution is 5.62. The first-order chi connectivity index (χ1) is 6.45. The van der Waals surface area contributed by atoms with Crippen LogP contribution in [0.25, 0.3) is 0 Å². The molecule has 0 saturated heterocycles. The summed E-state index contributed by atoms with van der Waals surface area (Å²) in [4.78, 5) is 2.86. The van der Waals surface area contributed by atoms with E-state index in [2.05, 4.69) is 17.1 Å². The van der Waals surface area contributed by atoms with Crippen molar-refractivity contribution in [3.8, 4) is 0 Å². The molecule has 13 heavy (non-hydrogen) atoms. The quantitative estimate of drug-likeness (QED) is 0.416. The van der Waals surface area contributed by atoms with Gasteiger partial charge in [0.1, 0.15) is 0 Å². The number of rotatable bonds is 0. The van der Waals surface area contributed by atoms with Gasteiger partial charge in [-0.3, -0.25) is 0 Å². The van der Waals surface area contributed by atoms with Crippen molar-refractivity contribution >= 4 is 0 Å². The van der Waals surface area contributed by atoms with Gasteiger partial charge in [0.15, 0.2) is 0 Å². The molecule has 0 amide bonds. The first kappa shape index (κ1) is 6.96. The van der Waals surface area contributed by atoms with Crippen molar-refractivity contribution in [2.24, 2.45) is 0 Å². The molecule has 0 saturated carbocycles. The second-order valence-electron chi connectivity index (χ2n) is 3.58. The number of benzene rings is 1. The molecule has 4 rings (SSSR count). The van der Waals surface area contributed by atoms with Crippen LogP contribution < -0.4 is 0 Å². The van der Waals surface area contributed by atoms with E-state index in [0.29, 0.717) is 0 Å². The van der Waals surface area contributed by atoms with Crippen LogP contribution in [0.1, 0.15) is 22.3 Å². The van der Waals surface area contributed by atoms with Gasteiger partial charge < -0.3 is 4.98 Å². The summed E-state index contributed by atoms with van der Waals surface area (Å²) in [6, 6.07) is 8.42. The predicted molar refractivity (Wildman–Crippen MR) is 52.8 cm³/mol. The minimum absolute atomic E-state index is 1.30. The van der Waals surface area contributed by atoms with E-state index in [-0.39, 0.29) is 0 Å². The van der Waals surface area contributed by atoms with Crippen molar-refractivity contribution in [2.75, 3.05) is 0 Å². The smallest absolute Gasteiger partial charge is 0.000496 e. The molecule has 1 heterocycles. The Morgan fingerprint density at radius 2 is 1.38 bits per heavy atom. The molecule has 0 spiro atoms. The van der Waals surface area contributed by atoms with E-state index in [1.165, 1.54) is 12.8 Å². The van der Waals surface area contributed by atoms with Crippen LogP contribution in [0.4, 0.5) is 0 Å². The first-order valence-electron chi connectivity index (χ1n) is 4.65. The third kappa shape index (κ3) is 1.26. The zero-order valence-electron chi connectivity index (χ0n) is 7.38. The van der Waals surface area contributed by atoms with Crippen LogP contribution in [-0.4, -0.2) is 4.98 Å². The van der Waals surface area contributed by atoms with Gasteiger partial charge in [0, 0.05) is 12.4 Å². The third-order valence-corrected chi connectivity index (χ3v) is 2.61. The van der Waals surface area contributed by atoms with Crippen molar-refractivity contribution in [3.05, 3.63) is 58.9 Å². The summed E-state index contributed by atoms with van der Waals surface area (Å²) in [7, 11) is 0. The molecular weight excluding hydrogens is 158 g/mol. The lowest BCUT2D eigenvalue weighted by Crippen LogP contribution is -1.49. The van der Waals surface area contributed by atoms with Crippen LogP contribution in [0.5, 0.6) is 0 Å². The summed E-state index contributed by atoms with van der Waals surface area (Å²) in [5, 5.41) is 0. The summed E-state index contributed by atoms with van der Waals surface area (Å²) < 4.78 is 0. The van der Waals surface area contributed by atoms with Crippen molar-refractivity contribution in [1.29, 1.82) is 0 Å². The molecule has 2 aliphatic carbocycles. The molecule has 1 N–H and O–H groups in total. The van der Waals surface area contributed by atoms with E-state index in [1.807, 2.05) is 24.5 Å². The van der Waals surface area contributed by atoms with Gasteiger partial charge in [-0.05, 0) is 47.2 Å². The Hall–Kier alpha value is -1.50. The minimum atomic E-state index is 1.30. The van der Waals surface area contributed by atoms with Gasteiger partial charge in [-0.15, -0.1) is 0 Å². The maximum atomic E-state index is 2.86. The molecule has 2 aromatic rings. The lowest BCUT2D eigenvalue weighted by molar-refractivity contribution is 1.42. The summed E-state index contributed by atoms with van der Waals surface area (Å²) in [6.45, 7) is 0. The van der Waals surface area contributed by atoms with Crippen molar-refractivity contribution in [3.63, 3.8) is 0 Å². The maximum Gasteiger partial charge on any atom is 0.000496 e. The number of nitrogens with one attached hydrogen (secondary N) is 1. The number of fused-ring (bicyclic) bond motifs is 3. The average molecular weight is 169 g/mol. The Morgan fingerprint density at radius 1 is 0.846 bits per heavy atom. The molecule has 0 radical (unpaired) electrons. The highest BCUT2D eigenvalue weighted by atomic mass is 14.6. The number of H-pyrrole nitrogens is 1. The molecule has 64 valence electrons. The fourth-order valence-electron chi connectivity index (χ4n) is 1.69. The molecule has 1 nitrogen and oxygen atoms in total. The summed E-state index contributed by atoms with van der Waals surface area (Å²) in [5.41, 5.74) is 6.53. The van der Waals surface area contributed by atoms with Gasteiger partial charge in [0.05, 0.1) is 0 Å². The van der Waals surface area contributed by atoms with E-state index in [0.717, 1.165) is 0 Å². The van der Waals surface area contributed by atoms with E-state index in [9.17, 15) is 0 Å². The Bertz CT molecular complexity index is 380. The Labute approximate surface area is 77.4 Å². The van der Waals surface area contributed by atoms with E-state index in [1.54, 1.807) is 22.3 Å². The maximum absolute atomic E-state index is 2.86. The minimum Gasteiger partial charge on any atom is -0.368 e. The second kappa shape index (κ2) is 2.49. The lowest BCUT2D eigenvalue weighted by atomic mass is 10.4. The Morgan fingerprint density at radius 3 is 1.77 bits per heavy atom. The highest BCUT2D eigenvalue weighted by Crippen LogP contribution is 2.42. The monoisotopic (exact) mass is 169 g/mol. The molecule has 0 bridgehead atoms.